The van der Waals surface area contributed by atoms with Crippen molar-refractivity contribution in [3.8, 4) is 0 Å². The number of ether oxygens (including phenoxy) is 1. The van der Waals surface area contributed by atoms with Crippen molar-refractivity contribution in [3.63, 3.8) is 0 Å². The second-order valence-electron chi connectivity index (χ2n) is 3.46. The number of nitrogens with one attached hydrogen (secondary N) is 1. The molecule has 94 valence electrons. The average molecular weight is 256 g/mol. The van der Waals surface area contributed by atoms with Gasteiger partial charge in [-0.3, -0.25) is 4.79 Å². The molecule has 1 aromatic heterocycles. The smallest absolute Gasteiger partial charge is 0.396 e. The largest absolute Gasteiger partial charge is 0.459 e. The molecule has 0 spiro atoms. The molecule has 0 unspecified atom stereocenters. The van der Waals surface area contributed by atoms with E-state index in [-0.39, 0.29) is 6.61 Å². The highest BCUT2D eigenvalue weighted by atomic mass is 32.1. The predicted octanol–water partition coefficient (Wildman–Crippen LogP) is 1.06. The van der Waals surface area contributed by atoms with Gasteiger partial charge in [-0.1, -0.05) is 0 Å². The van der Waals surface area contributed by atoms with Crippen LogP contribution in [0.4, 0.5) is 0 Å². The summed E-state index contributed by atoms with van der Waals surface area (Å²) in [5.74, 6) is -1.50. The summed E-state index contributed by atoms with van der Waals surface area (Å²) >= 11 is 1.61. The van der Waals surface area contributed by atoms with Crippen molar-refractivity contribution in [2.45, 2.75) is 26.7 Å². The molecule has 1 amide bonds. The summed E-state index contributed by atoms with van der Waals surface area (Å²) < 4.78 is 4.56. The van der Waals surface area contributed by atoms with Crippen molar-refractivity contribution in [1.82, 2.24) is 10.3 Å². The van der Waals surface area contributed by atoms with Gasteiger partial charge in [0.2, 0.25) is 0 Å². The molecule has 0 saturated carbocycles. The summed E-state index contributed by atoms with van der Waals surface area (Å²) in [6.07, 6.45) is 1.57. The van der Waals surface area contributed by atoms with Crippen molar-refractivity contribution in [3.05, 3.63) is 16.1 Å². The van der Waals surface area contributed by atoms with E-state index in [2.05, 4.69) is 15.0 Å². The predicted molar refractivity (Wildman–Crippen MR) is 64.8 cm³/mol. The van der Waals surface area contributed by atoms with Gasteiger partial charge < -0.3 is 10.1 Å². The number of hydrogen-bond donors (Lipinski definition) is 1. The Bertz CT molecular complexity index is 390. The Morgan fingerprint density at radius 1 is 1.53 bits per heavy atom. The Morgan fingerprint density at radius 2 is 2.29 bits per heavy atom. The van der Waals surface area contributed by atoms with E-state index in [9.17, 15) is 9.59 Å². The van der Waals surface area contributed by atoms with Gasteiger partial charge in [0.1, 0.15) is 0 Å². The summed E-state index contributed by atoms with van der Waals surface area (Å²) in [7, 11) is 0. The highest BCUT2D eigenvalue weighted by Crippen LogP contribution is 2.10. The third-order valence-corrected chi connectivity index (χ3v) is 3.01. The maximum absolute atomic E-state index is 11.1. The number of aromatic nitrogens is 1. The van der Waals surface area contributed by atoms with E-state index in [4.69, 9.17) is 0 Å². The first-order valence-corrected chi connectivity index (χ1v) is 6.37. The molecule has 17 heavy (non-hydrogen) atoms. The molecule has 1 heterocycles. The van der Waals surface area contributed by atoms with Gasteiger partial charge in [0, 0.05) is 24.0 Å². The summed E-state index contributed by atoms with van der Waals surface area (Å²) in [6, 6.07) is 0. The fourth-order valence-electron chi connectivity index (χ4n) is 1.23. The van der Waals surface area contributed by atoms with Crippen LogP contribution in [-0.2, 0) is 20.7 Å². The zero-order valence-corrected chi connectivity index (χ0v) is 10.8. The van der Waals surface area contributed by atoms with E-state index in [1.165, 1.54) is 0 Å². The topological polar surface area (TPSA) is 68.3 Å². The number of amides is 1. The lowest BCUT2D eigenvalue weighted by molar-refractivity contribution is -0.154. The first-order valence-electron chi connectivity index (χ1n) is 5.49. The second kappa shape index (κ2) is 7.01. The maximum Gasteiger partial charge on any atom is 0.396 e. The number of rotatable bonds is 5. The lowest BCUT2D eigenvalue weighted by atomic mass is 10.3. The van der Waals surface area contributed by atoms with Gasteiger partial charge >= 0.3 is 11.9 Å². The SMILES string of the molecule is CCOC(=O)C(=O)NCCCc1nc(C)cs1. The van der Waals surface area contributed by atoms with Crippen molar-refractivity contribution in [2.24, 2.45) is 0 Å². The van der Waals surface area contributed by atoms with E-state index < -0.39 is 11.9 Å². The van der Waals surface area contributed by atoms with Crippen molar-refractivity contribution >= 4 is 23.2 Å². The maximum atomic E-state index is 11.1. The Labute approximate surface area is 104 Å². The second-order valence-corrected chi connectivity index (χ2v) is 4.41. The number of carbonyl (C=O) groups is 2. The molecule has 0 aliphatic rings. The van der Waals surface area contributed by atoms with Crippen LogP contribution in [0.2, 0.25) is 0 Å². The lowest BCUT2D eigenvalue weighted by Crippen LogP contribution is -2.33. The first-order chi connectivity index (χ1) is 8.13. The molecule has 0 fully saturated rings. The molecule has 1 aromatic rings. The number of carbonyl (C=O) groups excluding carboxylic acids is 2. The van der Waals surface area contributed by atoms with Crippen molar-refractivity contribution in [1.29, 1.82) is 0 Å². The number of hydrogen-bond acceptors (Lipinski definition) is 5. The number of nitrogens with zero attached hydrogens (tertiary/aromatic N) is 1. The highest BCUT2D eigenvalue weighted by Gasteiger charge is 2.13. The van der Waals surface area contributed by atoms with Crippen LogP contribution >= 0.6 is 11.3 Å². The van der Waals surface area contributed by atoms with Crippen LogP contribution in [0.3, 0.4) is 0 Å². The average Bonchev–Trinajstić information content (AvgIpc) is 2.70. The minimum absolute atomic E-state index is 0.213. The fourth-order valence-corrected chi connectivity index (χ4v) is 2.05. The Morgan fingerprint density at radius 3 is 2.88 bits per heavy atom. The van der Waals surface area contributed by atoms with Crippen LogP contribution in [0.25, 0.3) is 0 Å². The molecular formula is C11H16N2O3S. The molecule has 1 rings (SSSR count). The molecule has 0 radical (unpaired) electrons. The van der Waals surface area contributed by atoms with Crippen LogP contribution in [-0.4, -0.2) is 30.0 Å². The molecule has 5 nitrogen and oxygen atoms in total. The quantitative estimate of drug-likeness (QED) is 0.486. The van der Waals surface area contributed by atoms with E-state index in [0.717, 1.165) is 23.5 Å². The van der Waals surface area contributed by atoms with Gasteiger partial charge in [0.25, 0.3) is 0 Å². The van der Waals surface area contributed by atoms with E-state index >= 15 is 0 Å². The van der Waals surface area contributed by atoms with Gasteiger partial charge in [0.15, 0.2) is 0 Å². The number of aryl methyl sites for hydroxylation is 2. The highest BCUT2D eigenvalue weighted by molar-refractivity contribution is 7.09. The third kappa shape index (κ3) is 4.95. The van der Waals surface area contributed by atoms with E-state index in [1.54, 1.807) is 18.3 Å². The van der Waals surface area contributed by atoms with E-state index in [0.29, 0.717) is 6.54 Å². The molecule has 0 aromatic carbocycles. The Hall–Kier alpha value is -1.43. The molecule has 1 N–H and O–H groups in total. The molecule has 0 saturated heterocycles. The summed E-state index contributed by atoms with van der Waals surface area (Å²) in [5.41, 5.74) is 1.01. The summed E-state index contributed by atoms with van der Waals surface area (Å²) in [5, 5.41) is 5.55. The van der Waals surface area contributed by atoms with Crippen LogP contribution in [0, 0.1) is 6.92 Å². The number of esters is 1. The van der Waals surface area contributed by atoms with Crippen molar-refractivity contribution < 1.29 is 14.3 Å². The van der Waals surface area contributed by atoms with Crippen LogP contribution in [0.1, 0.15) is 24.0 Å². The van der Waals surface area contributed by atoms with Crippen molar-refractivity contribution in [2.75, 3.05) is 13.2 Å². The van der Waals surface area contributed by atoms with Gasteiger partial charge in [0.05, 0.1) is 11.6 Å². The molecule has 0 aliphatic heterocycles. The Kier molecular flexibility index (Phi) is 5.62. The van der Waals surface area contributed by atoms with E-state index in [1.807, 2.05) is 12.3 Å². The van der Waals surface area contributed by atoms with Crippen LogP contribution in [0.15, 0.2) is 5.38 Å². The minimum atomic E-state index is -0.822. The van der Waals surface area contributed by atoms with Gasteiger partial charge in [-0.15, -0.1) is 11.3 Å². The monoisotopic (exact) mass is 256 g/mol. The van der Waals surface area contributed by atoms with Gasteiger partial charge in [-0.05, 0) is 20.3 Å². The molecule has 6 heteroatoms. The normalized spacial score (nSPS) is 10.0. The molecular weight excluding hydrogens is 240 g/mol. The van der Waals surface area contributed by atoms with Gasteiger partial charge in [-0.2, -0.15) is 0 Å². The summed E-state index contributed by atoms with van der Waals surface area (Å²) in [6.45, 7) is 4.28. The lowest BCUT2D eigenvalue weighted by Gasteiger charge is -2.03. The standard InChI is InChI=1S/C11H16N2O3S/c1-3-16-11(15)10(14)12-6-4-5-9-13-8(2)7-17-9/h7H,3-6H2,1-2H3,(H,12,14). The fraction of sp³-hybridized carbons (Fsp3) is 0.545. The first kappa shape index (κ1) is 13.6. The zero-order valence-electron chi connectivity index (χ0n) is 9.99. The van der Waals surface area contributed by atoms with Crippen LogP contribution < -0.4 is 5.32 Å². The number of thiazole rings is 1. The molecule has 0 atom stereocenters. The molecule has 0 bridgehead atoms. The van der Waals surface area contributed by atoms with Gasteiger partial charge in [-0.25, -0.2) is 9.78 Å². The van der Waals surface area contributed by atoms with Crippen LogP contribution in [0.5, 0.6) is 0 Å². The Balaban J connectivity index is 2.16. The third-order valence-electron chi connectivity index (χ3n) is 1.98. The summed E-state index contributed by atoms with van der Waals surface area (Å²) in [4.78, 5) is 26.4. The minimum Gasteiger partial charge on any atom is -0.459 e. The molecule has 0 aliphatic carbocycles. The zero-order chi connectivity index (χ0) is 12.7.